The van der Waals surface area contributed by atoms with Gasteiger partial charge in [-0.3, -0.25) is 4.99 Å². The maximum Gasteiger partial charge on any atom is 0.194 e. The highest BCUT2D eigenvalue weighted by Crippen LogP contribution is 2.27. The number of hydrogen-bond donors (Lipinski definition) is 2. The molecule has 7 heteroatoms. The molecule has 2 saturated heterocycles. The van der Waals surface area contributed by atoms with Crippen LogP contribution in [0.2, 0.25) is 0 Å². The second-order valence-electron chi connectivity index (χ2n) is 7.94. The fourth-order valence-electron chi connectivity index (χ4n) is 4.15. The van der Waals surface area contributed by atoms with Gasteiger partial charge in [-0.2, -0.15) is 0 Å². The Morgan fingerprint density at radius 3 is 2.52 bits per heavy atom. The Labute approximate surface area is 175 Å². The number of benzene rings is 1. The van der Waals surface area contributed by atoms with Gasteiger partial charge in [0.15, 0.2) is 5.96 Å². The van der Waals surface area contributed by atoms with Gasteiger partial charge >= 0.3 is 0 Å². The van der Waals surface area contributed by atoms with Crippen LogP contribution in [0.5, 0.6) is 5.75 Å². The van der Waals surface area contributed by atoms with Gasteiger partial charge in [-0.05, 0) is 50.9 Å². The van der Waals surface area contributed by atoms with E-state index < -0.39 is 0 Å². The zero-order chi connectivity index (χ0) is 20.5. The van der Waals surface area contributed by atoms with E-state index in [-0.39, 0.29) is 0 Å². The maximum absolute atomic E-state index is 10.1. The molecular formula is C22H37N5O2. The zero-order valence-electron chi connectivity index (χ0n) is 18.0. The number of anilines is 1. The molecular weight excluding hydrogens is 366 g/mol. The first-order chi connectivity index (χ1) is 14.2. The van der Waals surface area contributed by atoms with E-state index in [1.54, 1.807) is 13.2 Å². The van der Waals surface area contributed by atoms with E-state index in [1.807, 2.05) is 18.2 Å². The number of piperazine rings is 1. The molecule has 0 radical (unpaired) electrons. The second kappa shape index (κ2) is 11.3. The lowest BCUT2D eigenvalue weighted by Crippen LogP contribution is -2.52. The van der Waals surface area contributed by atoms with Crippen LogP contribution < -0.4 is 10.2 Å². The van der Waals surface area contributed by atoms with E-state index in [2.05, 4.69) is 26.9 Å². The number of phenols is 1. The third-order valence-corrected chi connectivity index (χ3v) is 5.95. The van der Waals surface area contributed by atoms with Crippen LogP contribution in [0.15, 0.2) is 29.3 Å². The Balaban J connectivity index is 1.49. The summed E-state index contributed by atoms with van der Waals surface area (Å²) in [6, 6.07) is 7.59. The molecule has 2 fully saturated rings. The molecule has 7 nitrogen and oxygen atoms in total. The molecule has 0 aliphatic carbocycles. The van der Waals surface area contributed by atoms with Crippen molar-refractivity contribution in [2.45, 2.75) is 19.8 Å². The van der Waals surface area contributed by atoms with Crippen LogP contribution in [0.1, 0.15) is 19.8 Å². The lowest BCUT2D eigenvalue weighted by molar-refractivity contribution is 0.121. The number of nitrogens with one attached hydrogen (secondary N) is 1. The number of hydrogen-bond acceptors (Lipinski definition) is 5. The summed E-state index contributed by atoms with van der Waals surface area (Å²) in [7, 11) is 1.77. The lowest BCUT2D eigenvalue weighted by atomic mass is 9.97. The zero-order valence-corrected chi connectivity index (χ0v) is 18.0. The first kappa shape index (κ1) is 21.7. The summed E-state index contributed by atoms with van der Waals surface area (Å²) in [5.41, 5.74) is 0.925. The van der Waals surface area contributed by atoms with Crippen LogP contribution in [0.4, 0.5) is 5.69 Å². The molecule has 1 aromatic rings. The molecule has 0 spiro atoms. The van der Waals surface area contributed by atoms with Gasteiger partial charge in [0.05, 0.1) is 12.3 Å². The Kier molecular flexibility index (Phi) is 8.43. The number of guanidine groups is 1. The van der Waals surface area contributed by atoms with Crippen molar-refractivity contribution < 1.29 is 9.84 Å². The molecule has 0 saturated carbocycles. The normalized spacial score (nSPS) is 19.6. The molecule has 29 heavy (non-hydrogen) atoms. The molecule has 2 N–H and O–H groups in total. The molecule has 0 unspecified atom stereocenters. The Morgan fingerprint density at radius 1 is 1.14 bits per heavy atom. The van der Waals surface area contributed by atoms with Gasteiger partial charge in [0.1, 0.15) is 5.75 Å². The lowest BCUT2D eigenvalue weighted by Gasteiger charge is -2.38. The van der Waals surface area contributed by atoms with Gasteiger partial charge in [0.25, 0.3) is 0 Å². The van der Waals surface area contributed by atoms with Crippen LogP contribution >= 0.6 is 0 Å². The van der Waals surface area contributed by atoms with Crippen LogP contribution in [0.3, 0.4) is 0 Å². The summed E-state index contributed by atoms with van der Waals surface area (Å²) in [5.74, 6) is 2.06. The minimum Gasteiger partial charge on any atom is -0.506 e. The summed E-state index contributed by atoms with van der Waals surface area (Å²) in [5, 5.41) is 13.6. The Morgan fingerprint density at radius 2 is 1.86 bits per heavy atom. The molecule has 0 aromatic heterocycles. The van der Waals surface area contributed by atoms with Crippen molar-refractivity contribution in [3.8, 4) is 5.75 Å². The highest BCUT2D eigenvalue weighted by Gasteiger charge is 2.23. The smallest absolute Gasteiger partial charge is 0.194 e. The number of piperidine rings is 1. The van der Waals surface area contributed by atoms with Gasteiger partial charge in [-0.15, -0.1) is 0 Å². The highest BCUT2D eigenvalue weighted by atomic mass is 16.5. The van der Waals surface area contributed by atoms with Crippen molar-refractivity contribution in [1.29, 1.82) is 0 Å². The number of para-hydroxylation sites is 2. The highest BCUT2D eigenvalue weighted by molar-refractivity contribution is 5.80. The first-order valence-corrected chi connectivity index (χ1v) is 11.0. The number of nitrogens with zero attached hydrogens (tertiary/aromatic N) is 4. The number of ether oxygens (including phenoxy) is 1. The predicted octanol–water partition coefficient (Wildman–Crippen LogP) is 1.84. The molecule has 2 heterocycles. The van der Waals surface area contributed by atoms with Gasteiger partial charge in [0, 0.05) is 52.9 Å². The number of rotatable bonds is 7. The van der Waals surface area contributed by atoms with E-state index in [4.69, 9.17) is 9.73 Å². The molecule has 0 amide bonds. The molecule has 0 atom stereocenters. The monoisotopic (exact) mass is 403 g/mol. The van der Waals surface area contributed by atoms with Gasteiger partial charge in [0.2, 0.25) is 0 Å². The van der Waals surface area contributed by atoms with E-state index in [9.17, 15) is 5.11 Å². The fraction of sp³-hybridized carbons (Fsp3) is 0.682. The van der Waals surface area contributed by atoms with Crippen LogP contribution in [0.25, 0.3) is 0 Å². The Hall–Kier alpha value is -1.99. The molecule has 1 aromatic carbocycles. The van der Waals surface area contributed by atoms with E-state index >= 15 is 0 Å². The topological polar surface area (TPSA) is 63.6 Å². The summed E-state index contributed by atoms with van der Waals surface area (Å²) < 4.78 is 5.19. The van der Waals surface area contributed by atoms with Gasteiger partial charge in [-0.1, -0.05) is 12.1 Å². The Bertz CT molecular complexity index is 638. The van der Waals surface area contributed by atoms with Crippen molar-refractivity contribution in [3.05, 3.63) is 24.3 Å². The van der Waals surface area contributed by atoms with E-state index in [0.29, 0.717) is 11.7 Å². The van der Waals surface area contributed by atoms with E-state index in [1.165, 1.54) is 12.8 Å². The summed E-state index contributed by atoms with van der Waals surface area (Å²) >= 11 is 0. The van der Waals surface area contributed by atoms with Crippen LogP contribution in [-0.4, -0.2) is 93.5 Å². The third-order valence-electron chi connectivity index (χ3n) is 5.95. The van der Waals surface area contributed by atoms with Crippen molar-refractivity contribution in [2.24, 2.45) is 10.9 Å². The predicted molar refractivity (Wildman–Crippen MR) is 119 cm³/mol. The minimum absolute atomic E-state index is 0.360. The average Bonchev–Trinajstić information content (AvgIpc) is 2.76. The number of aromatic hydroxyl groups is 1. The quantitative estimate of drug-likeness (QED) is 0.535. The molecule has 2 aliphatic heterocycles. The SMILES string of the molecule is CCNC(=NCC1CCN(CCOC)CC1)N1CCN(c2ccccc2O)CC1. The van der Waals surface area contributed by atoms with Crippen molar-refractivity contribution in [2.75, 3.05) is 77.5 Å². The fourth-order valence-corrected chi connectivity index (χ4v) is 4.15. The molecule has 2 aliphatic rings. The number of likely N-dealkylation sites (tertiary alicyclic amines) is 1. The maximum atomic E-state index is 10.1. The number of aliphatic imine (C=N–C) groups is 1. The summed E-state index contributed by atoms with van der Waals surface area (Å²) in [6.07, 6.45) is 2.43. The summed E-state index contributed by atoms with van der Waals surface area (Å²) in [6.45, 7) is 11.7. The van der Waals surface area contributed by atoms with Crippen molar-refractivity contribution in [1.82, 2.24) is 15.1 Å². The van der Waals surface area contributed by atoms with Gasteiger partial charge in [-0.25, -0.2) is 0 Å². The minimum atomic E-state index is 0.360. The van der Waals surface area contributed by atoms with Crippen LogP contribution in [0, 0.1) is 5.92 Å². The van der Waals surface area contributed by atoms with Crippen LogP contribution in [-0.2, 0) is 4.74 Å². The largest absolute Gasteiger partial charge is 0.506 e. The summed E-state index contributed by atoms with van der Waals surface area (Å²) in [4.78, 5) is 12.1. The standard InChI is InChI=1S/C22H37N5O2/c1-3-23-22(24-18-19-8-10-25(11-9-19)16-17-29-2)27-14-12-26(13-15-27)20-6-4-5-7-21(20)28/h4-7,19,28H,3,8-18H2,1-2H3,(H,23,24). The third kappa shape index (κ3) is 6.24. The molecule has 162 valence electrons. The van der Waals surface area contributed by atoms with Crippen molar-refractivity contribution >= 4 is 11.6 Å². The second-order valence-corrected chi connectivity index (χ2v) is 7.94. The van der Waals surface area contributed by atoms with Gasteiger partial charge < -0.3 is 29.9 Å². The molecule has 0 bridgehead atoms. The average molecular weight is 404 g/mol. The number of methoxy groups -OCH3 is 1. The first-order valence-electron chi connectivity index (χ1n) is 11.0. The number of phenolic OH excluding ortho intramolecular Hbond substituents is 1. The molecule has 3 rings (SSSR count). The van der Waals surface area contributed by atoms with Crippen molar-refractivity contribution in [3.63, 3.8) is 0 Å². The van der Waals surface area contributed by atoms with E-state index in [0.717, 1.165) is 77.2 Å².